The standard InChI is InChI=1S/C16H17F3N2O3/c1-10(11-3-5-12(6-4-11)16(17,18)19)13(22)21-8-15(9-21)7-20(2)14(23)24-15/h3-6,10H,7-9H2,1-2H3. The Labute approximate surface area is 137 Å². The minimum Gasteiger partial charge on any atom is -0.437 e. The first kappa shape index (κ1) is 16.6. The number of rotatable bonds is 2. The van der Waals surface area contributed by atoms with Crippen molar-refractivity contribution in [2.75, 3.05) is 26.7 Å². The van der Waals surface area contributed by atoms with Crippen LogP contribution in [0.15, 0.2) is 24.3 Å². The number of amides is 2. The van der Waals surface area contributed by atoms with Crippen molar-refractivity contribution in [3.05, 3.63) is 35.4 Å². The van der Waals surface area contributed by atoms with Gasteiger partial charge in [-0.3, -0.25) is 4.79 Å². The van der Waals surface area contributed by atoms with Crippen LogP contribution in [0.2, 0.25) is 0 Å². The lowest BCUT2D eigenvalue weighted by Crippen LogP contribution is -2.65. The SMILES string of the molecule is CC(C(=O)N1CC2(CN(C)C(=O)O2)C1)c1ccc(C(F)(F)F)cc1. The van der Waals surface area contributed by atoms with E-state index in [-0.39, 0.29) is 5.91 Å². The molecule has 2 aliphatic rings. The summed E-state index contributed by atoms with van der Waals surface area (Å²) >= 11 is 0. The molecule has 3 rings (SSSR count). The summed E-state index contributed by atoms with van der Waals surface area (Å²) < 4.78 is 43.0. The van der Waals surface area contributed by atoms with Gasteiger partial charge in [-0.05, 0) is 24.6 Å². The highest BCUT2D eigenvalue weighted by atomic mass is 19.4. The van der Waals surface area contributed by atoms with E-state index in [0.29, 0.717) is 25.2 Å². The molecule has 0 aliphatic carbocycles. The van der Waals surface area contributed by atoms with Crippen LogP contribution in [0.3, 0.4) is 0 Å². The Bertz CT molecular complexity index is 666. The molecular weight excluding hydrogens is 325 g/mol. The lowest BCUT2D eigenvalue weighted by molar-refractivity contribution is -0.151. The monoisotopic (exact) mass is 342 g/mol. The van der Waals surface area contributed by atoms with E-state index in [4.69, 9.17) is 4.74 Å². The van der Waals surface area contributed by atoms with Crippen LogP contribution in [-0.2, 0) is 15.7 Å². The molecular formula is C16H17F3N2O3. The minimum atomic E-state index is -4.39. The Kier molecular flexibility index (Phi) is 3.73. The number of hydrogen-bond donors (Lipinski definition) is 0. The van der Waals surface area contributed by atoms with Crippen LogP contribution in [0.5, 0.6) is 0 Å². The molecule has 1 atom stereocenters. The second kappa shape index (κ2) is 5.39. The zero-order valence-corrected chi connectivity index (χ0v) is 13.3. The van der Waals surface area contributed by atoms with Crippen molar-refractivity contribution in [3.8, 4) is 0 Å². The minimum absolute atomic E-state index is 0.189. The number of carbonyl (C=O) groups is 2. The van der Waals surface area contributed by atoms with Crippen molar-refractivity contribution >= 4 is 12.0 Å². The molecule has 130 valence electrons. The maximum atomic E-state index is 12.6. The molecule has 2 heterocycles. The van der Waals surface area contributed by atoms with E-state index in [1.807, 2.05) is 0 Å². The Morgan fingerprint density at radius 2 is 1.79 bits per heavy atom. The Balaban J connectivity index is 1.63. The van der Waals surface area contributed by atoms with Crippen molar-refractivity contribution in [2.24, 2.45) is 0 Å². The molecule has 2 fully saturated rings. The van der Waals surface area contributed by atoms with Gasteiger partial charge >= 0.3 is 12.3 Å². The van der Waals surface area contributed by atoms with Crippen molar-refractivity contribution < 1.29 is 27.5 Å². The van der Waals surface area contributed by atoms with Gasteiger partial charge in [0.15, 0.2) is 5.60 Å². The molecule has 5 nitrogen and oxygen atoms in total. The normalized spacial score (nSPS) is 20.8. The van der Waals surface area contributed by atoms with Gasteiger partial charge in [0.1, 0.15) is 0 Å². The van der Waals surface area contributed by atoms with E-state index in [9.17, 15) is 22.8 Å². The third-order valence-corrected chi connectivity index (χ3v) is 4.52. The second-order valence-corrected chi connectivity index (χ2v) is 6.44. The van der Waals surface area contributed by atoms with Crippen LogP contribution in [0.4, 0.5) is 18.0 Å². The van der Waals surface area contributed by atoms with E-state index in [2.05, 4.69) is 0 Å². The van der Waals surface area contributed by atoms with Crippen molar-refractivity contribution in [1.82, 2.24) is 9.80 Å². The molecule has 1 spiro atoms. The quantitative estimate of drug-likeness (QED) is 0.830. The van der Waals surface area contributed by atoms with Gasteiger partial charge in [-0.25, -0.2) is 4.79 Å². The Morgan fingerprint density at radius 3 is 2.25 bits per heavy atom. The maximum absolute atomic E-state index is 12.6. The number of nitrogens with zero attached hydrogens (tertiary/aromatic N) is 2. The first-order chi connectivity index (χ1) is 11.1. The van der Waals surface area contributed by atoms with Gasteiger partial charge in [0.05, 0.1) is 31.1 Å². The molecule has 24 heavy (non-hydrogen) atoms. The van der Waals surface area contributed by atoms with E-state index in [1.54, 1.807) is 18.9 Å². The Hall–Kier alpha value is -2.25. The van der Waals surface area contributed by atoms with Gasteiger partial charge in [0.25, 0.3) is 0 Å². The van der Waals surface area contributed by atoms with Gasteiger partial charge in [0.2, 0.25) is 5.91 Å². The first-order valence-corrected chi connectivity index (χ1v) is 7.51. The van der Waals surface area contributed by atoms with Crippen LogP contribution in [-0.4, -0.2) is 54.1 Å². The summed E-state index contributed by atoms with van der Waals surface area (Å²) in [5, 5.41) is 0. The van der Waals surface area contributed by atoms with Gasteiger partial charge in [0, 0.05) is 7.05 Å². The summed E-state index contributed by atoms with van der Waals surface area (Å²) in [6.45, 7) is 2.72. The smallest absolute Gasteiger partial charge is 0.416 e. The molecule has 0 radical (unpaired) electrons. The Morgan fingerprint density at radius 1 is 1.21 bits per heavy atom. The number of likely N-dealkylation sites (tertiary alicyclic amines) is 1. The summed E-state index contributed by atoms with van der Waals surface area (Å²) in [5.74, 6) is -0.745. The highest BCUT2D eigenvalue weighted by Crippen LogP contribution is 2.34. The van der Waals surface area contributed by atoms with Gasteiger partial charge in [-0.1, -0.05) is 12.1 Å². The number of alkyl halides is 3. The number of benzene rings is 1. The molecule has 2 saturated heterocycles. The number of halogens is 3. The van der Waals surface area contributed by atoms with Crippen LogP contribution in [0, 0.1) is 0 Å². The van der Waals surface area contributed by atoms with E-state index in [1.165, 1.54) is 17.0 Å². The summed E-state index contributed by atoms with van der Waals surface area (Å²) in [7, 11) is 1.63. The van der Waals surface area contributed by atoms with Crippen LogP contribution >= 0.6 is 0 Å². The molecule has 0 saturated carbocycles. The third-order valence-electron chi connectivity index (χ3n) is 4.52. The predicted octanol–water partition coefficient (Wildman–Crippen LogP) is 2.47. The summed E-state index contributed by atoms with van der Waals surface area (Å²) in [4.78, 5) is 26.9. The van der Waals surface area contributed by atoms with Crippen molar-refractivity contribution in [3.63, 3.8) is 0 Å². The predicted molar refractivity (Wildman–Crippen MR) is 78.3 cm³/mol. The van der Waals surface area contributed by atoms with E-state index < -0.39 is 29.4 Å². The summed E-state index contributed by atoms with van der Waals surface area (Å²) in [5.41, 5.74) is -0.856. The van der Waals surface area contributed by atoms with Gasteiger partial charge < -0.3 is 14.5 Å². The largest absolute Gasteiger partial charge is 0.437 e. The van der Waals surface area contributed by atoms with Crippen LogP contribution in [0.25, 0.3) is 0 Å². The molecule has 1 aromatic rings. The molecule has 0 bridgehead atoms. The zero-order valence-electron chi connectivity index (χ0n) is 13.3. The van der Waals surface area contributed by atoms with Crippen molar-refractivity contribution in [1.29, 1.82) is 0 Å². The fourth-order valence-electron chi connectivity index (χ4n) is 3.14. The van der Waals surface area contributed by atoms with Gasteiger partial charge in [-0.2, -0.15) is 13.2 Å². The average Bonchev–Trinajstić information content (AvgIpc) is 2.79. The highest BCUT2D eigenvalue weighted by molar-refractivity contribution is 5.85. The first-order valence-electron chi connectivity index (χ1n) is 7.51. The van der Waals surface area contributed by atoms with Crippen LogP contribution < -0.4 is 0 Å². The topological polar surface area (TPSA) is 49.9 Å². The number of carbonyl (C=O) groups excluding carboxylic acids is 2. The summed E-state index contributed by atoms with van der Waals surface area (Å²) in [6, 6.07) is 4.60. The third kappa shape index (κ3) is 2.81. The second-order valence-electron chi connectivity index (χ2n) is 6.44. The lowest BCUT2D eigenvalue weighted by Gasteiger charge is -2.46. The highest BCUT2D eigenvalue weighted by Gasteiger charge is 2.54. The van der Waals surface area contributed by atoms with Crippen LogP contribution in [0.1, 0.15) is 24.0 Å². The fourth-order valence-corrected chi connectivity index (χ4v) is 3.14. The van der Waals surface area contributed by atoms with Gasteiger partial charge in [-0.15, -0.1) is 0 Å². The molecule has 0 N–H and O–H groups in total. The number of hydrogen-bond acceptors (Lipinski definition) is 3. The molecule has 2 aliphatic heterocycles. The molecule has 1 aromatic carbocycles. The number of likely N-dealkylation sites (N-methyl/N-ethyl adjacent to an activating group) is 1. The molecule has 0 aromatic heterocycles. The van der Waals surface area contributed by atoms with E-state index >= 15 is 0 Å². The molecule has 2 amide bonds. The lowest BCUT2D eigenvalue weighted by atomic mass is 9.90. The molecule has 1 unspecified atom stereocenters. The number of ether oxygens (including phenoxy) is 1. The summed E-state index contributed by atoms with van der Waals surface area (Å²) in [6.07, 6.45) is -4.80. The zero-order chi connectivity index (χ0) is 17.7. The molecule has 8 heteroatoms. The van der Waals surface area contributed by atoms with E-state index in [0.717, 1.165) is 12.1 Å². The average molecular weight is 342 g/mol. The fraction of sp³-hybridized carbons (Fsp3) is 0.500. The van der Waals surface area contributed by atoms with Crippen molar-refractivity contribution in [2.45, 2.75) is 24.6 Å². The maximum Gasteiger partial charge on any atom is 0.416 e.